The second kappa shape index (κ2) is 7.62. The molecule has 0 bridgehead atoms. The molecule has 20 heavy (non-hydrogen) atoms. The Hall–Kier alpha value is -1.91. The number of hydrogen-bond donors (Lipinski definition) is 2. The van der Waals surface area contributed by atoms with E-state index in [2.05, 4.69) is 5.32 Å². The zero-order valence-electron chi connectivity index (χ0n) is 11.7. The number of unbranched alkanes of at least 4 members (excludes halogenated alkanes) is 1. The summed E-state index contributed by atoms with van der Waals surface area (Å²) in [6.07, 6.45) is 1.98. The number of nitrogens with one attached hydrogen (secondary N) is 1. The van der Waals surface area contributed by atoms with Crippen LogP contribution in [-0.2, 0) is 9.59 Å². The molecule has 4 nitrogen and oxygen atoms in total. The molecule has 1 rings (SSSR count). The fourth-order valence-corrected chi connectivity index (χ4v) is 1.89. The van der Waals surface area contributed by atoms with Gasteiger partial charge in [0.05, 0.1) is 5.92 Å². The van der Waals surface area contributed by atoms with Crippen LogP contribution in [0.15, 0.2) is 24.3 Å². The molecule has 110 valence electrons. The highest BCUT2D eigenvalue weighted by Gasteiger charge is 2.23. The fraction of sp³-hybridized carbons (Fsp3) is 0.467. The lowest BCUT2D eigenvalue weighted by atomic mass is 9.99. The molecule has 0 saturated carbocycles. The molecule has 0 aromatic heterocycles. The number of amides is 1. The lowest BCUT2D eigenvalue weighted by Crippen LogP contribution is -2.42. The van der Waals surface area contributed by atoms with E-state index in [-0.39, 0.29) is 0 Å². The van der Waals surface area contributed by atoms with E-state index in [9.17, 15) is 14.0 Å². The first-order valence-corrected chi connectivity index (χ1v) is 6.74. The van der Waals surface area contributed by atoms with Crippen LogP contribution in [0.5, 0.6) is 0 Å². The number of aliphatic carboxylic acids is 1. The zero-order chi connectivity index (χ0) is 15.1. The maximum absolute atomic E-state index is 13.1. The predicted octanol–water partition coefficient (Wildman–Crippen LogP) is 2.69. The second-order valence-electron chi connectivity index (χ2n) is 4.82. The van der Waals surface area contributed by atoms with E-state index in [1.807, 2.05) is 6.92 Å². The lowest BCUT2D eigenvalue weighted by molar-refractivity contribution is -0.142. The van der Waals surface area contributed by atoms with Gasteiger partial charge in [-0.1, -0.05) is 31.9 Å². The number of carbonyl (C=O) groups excluding carboxylic acids is 1. The summed E-state index contributed by atoms with van der Waals surface area (Å²) in [6.45, 7) is 3.58. The van der Waals surface area contributed by atoms with Crippen LogP contribution in [0.4, 0.5) is 4.39 Å². The molecule has 5 heteroatoms. The molecule has 1 aromatic carbocycles. The van der Waals surface area contributed by atoms with E-state index in [0.29, 0.717) is 12.0 Å². The standard InChI is InChI=1S/C15H20FNO3/c1-3-4-8-13(15(19)20)17-14(18)10(2)11-6-5-7-12(16)9-11/h5-7,9-10,13H,3-4,8H2,1-2H3,(H,17,18)(H,19,20). The molecule has 2 unspecified atom stereocenters. The monoisotopic (exact) mass is 281 g/mol. The average Bonchev–Trinajstić information content (AvgIpc) is 2.42. The minimum Gasteiger partial charge on any atom is -0.480 e. The van der Waals surface area contributed by atoms with E-state index in [1.54, 1.807) is 13.0 Å². The number of carbonyl (C=O) groups is 2. The average molecular weight is 281 g/mol. The molecular weight excluding hydrogens is 261 g/mol. The van der Waals surface area contributed by atoms with Gasteiger partial charge in [-0.3, -0.25) is 4.79 Å². The van der Waals surface area contributed by atoms with Crippen molar-refractivity contribution in [3.05, 3.63) is 35.6 Å². The van der Waals surface area contributed by atoms with Crippen molar-refractivity contribution < 1.29 is 19.1 Å². The zero-order valence-corrected chi connectivity index (χ0v) is 11.7. The van der Waals surface area contributed by atoms with E-state index in [4.69, 9.17) is 5.11 Å². The molecule has 0 heterocycles. The highest BCUT2D eigenvalue weighted by Crippen LogP contribution is 2.17. The van der Waals surface area contributed by atoms with Crippen LogP contribution in [0.2, 0.25) is 0 Å². The summed E-state index contributed by atoms with van der Waals surface area (Å²) in [5.41, 5.74) is 0.530. The minimum atomic E-state index is -1.04. The number of carboxylic acids is 1. The first-order chi connectivity index (χ1) is 9.45. The first-order valence-electron chi connectivity index (χ1n) is 6.74. The van der Waals surface area contributed by atoms with Crippen molar-refractivity contribution in [1.82, 2.24) is 5.32 Å². The Morgan fingerprint density at radius 1 is 1.40 bits per heavy atom. The van der Waals surface area contributed by atoms with Crippen LogP contribution in [0.1, 0.15) is 44.6 Å². The number of halogens is 1. The Morgan fingerprint density at radius 2 is 2.10 bits per heavy atom. The van der Waals surface area contributed by atoms with E-state index >= 15 is 0 Å². The summed E-state index contributed by atoms with van der Waals surface area (Å²) in [5.74, 6) is -2.45. The van der Waals surface area contributed by atoms with Gasteiger partial charge in [-0.15, -0.1) is 0 Å². The maximum atomic E-state index is 13.1. The molecule has 0 aliphatic carbocycles. The molecule has 2 N–H and O–H groups in total. The maximum Gasteiger partial charge on any atom is 0.326 e. The Bertz CT molecular complexity index is 476. The largest absolute Gasteiger partial charge is 0.480 e. The third kappa shape index (κ3) is 4.64. The third-order valence-electron chi connectivity index (χ3n) is 3.20. The Morgan fingerprint density at radius 3 is 2.65 bits per heavy atom. The normalized spacial score (nSPS) is 13.6. The van der Waals surface area contributed by atoms with Gasteiger partial charge in [-0.05, 0) is 31.0 Å². The molecule has 0 aliphatic heterocycles. The van der Waals surface area contributed by atoms with Crippen molar-refractivity contribution in [3.63, 3.8) is 0 Å². The summed E-state index contributed by atoms with van der Waals surface area (Å²) in [7, 11) is 0. The smallest absolute Gasteiger partial charge is 0.326 e. The van der Waals surface area contributed by atoms with E-state index in [0.717, 1.165) is 12.8 Å². The summed E-state index contributed by atoms with van der Waals surface area (Å²) >= 11 is 0. The van der Waals surface area contributed by atoms with Crippen molar-refractivity contribution in [2.24, 2.45) is 0 Å². The quantitative estimate of drug-likeness (QED) is 0.807. The molecule has 1 amide bonds. The van der Waals surface area contributed by atoms with Crippen molar-refractivity contribution in [2.45, 2.75) is 45.1 Å². The van der Waals surface area contributed by atoms with Crippen LogP contribution >= 0.6 is 0 Å². The van der Waals surface area contributed by atoms with Crippen LogP contribution in [0.3, 0.4) is 0 Å². The van der Waals surface area contributed by atoms with Crippen LogP contribution in [0, 0.1) is 5.82 Å². The van der Waals surface area contributed by atoms with Crippen LogP contribution < -0.4 is 5.32 Å². The lowest BCUT2D eigenvalue weighted by Gasteiger charge is -2.18. The molecule has 0 radical (unpaired) electrons. The topological polar surface area (TPSA) is 66.4 Å². The summed E-state index contributed by atoms with van der Waals surface area (Å²) in [6, 6.07) is 4.87. The van der Waals surface area contributed by atoms with Gasteiger partial charge < -0.3 is 10.4 Å². The molecule has 2 atom stereocenters. The van der Waals surface area contributed by atoms with Crippen molar-refractivity contribution >= 4 is 11.9 Å². The van der Waals surface area contributed by atoms with Gasteiger partial charge in [0.15, 0.2) is 0 Å². The number of hydrogen-bond acceptors (Lipinski definition) is 2. The highest BCUT2D eigenvalue weighted by atomic mass is 19.1. The predicted molar refractivity (Wildman–Crippen MR) is 73.9 cm³/mol. The van der Waals surface area contributed by atoms with E-state index < -0.39 is 29.7 Å². The number of carboxylic acid groups (broad SMARTS) is 1. The van der Waals surface area contributed by atoms with Gasteiger partial charge in [0.1, 0.15) is 11.9 Å². The van der Waals surface area contributed by atoms with Gasteiger partial charge >= 0.3 is 5.97 Å². The van der Waals surface area contributed by atoms with Gasteiger partial charge in [-0.25, -0.2) is 9.18 Å². The molecule has 0 saturated heterocycles. The Kier molecular flexibility index (Phi) is 6.15. The molecular formula is C15H20FNO3. The Labute approximate surface area is 118 Å². The fourth-order valence-electron chi connectivity index (χ4n) is 1.89. The SMILES string of the molecule is CCCCC(NC(=O)C(C)c1cccc(F)c1)C(=O)O. The summed E-state index contributed by atoms with van der Waals surface area (Å²) in [5, 5.41) is 11.6. The number of rotatable bonds is 7. The minimum absolute atomic E-state index is 0.396. The first kappa shape index (κ1) is 16.1. The molecule has 0 aliphatic rings. The number of benzene rings is 1. The van der Waals surface area contributed by atoms with E-state index in [1.165, 1.54) is 18.2 Å². The van der Waals surface area contributed by atoms with Gasteiger partial charge in [0.2, 0.25) is 5.91 Å². The second-order valence-corrected chi connectivity index (χ2v) is 4.82. The van der Waals surface area contributed by atoms with Crippen LogP contribution in [-0.4, -0.2) is 23.0 Å². The highest BCUT2D eigenvalue weighted by molar-refractivity contribution is 5.87. The van der Waals surface area contributed by atoms with Crippen molar-refractivity contribution in [3.8, 4) is 0 Å². The summed E-state index contributed by atoms with van der Waals surface area (Å²) < 4.78 is 13.1. The Balaban J connectivity index is 2.70. The van der Waals surface area contributed by atoms with Gasteiger partial charge in [0.25, 0.3) is 0 Å². The molecule has 0 spiro atoms. The van der Waals surface area contributed by atoms with Gasteiger partial charge in [0, 0.05) is 0 Å². The molecule has 1 aromatic rings. The third-order valence-corrected chi connectivity index (χ3v) is 3.20. The van der Waals surface area contributed by atoms with Crippen molar-refractivity contribution in [2.75, 3.05) is 0 Å². The van der Waals surface area contributed by atoms with Crippen molar-refractivity contribution in [1.29, 1.82) is 0 Å². The summed E-state index contributed by atoms with van der Waals surface area (Å²) in [4.78, 5) is 23.1. The van der Waals surface area contributed by atoms with Gasteiger partial charge in [-0.2, -0.15) is 0 Å². The molecule has 0 fully saturated rings. The van der Waals surface area contributed by atoms with Crippen LogP contribution in [0.25, 0.3) is 0 Å².